The lowest BCUT2D eigenvalue weighted by molar-refractivity contribution is 0.0209. The molecular weight excluding hydrogens is 500 g/mol. The molecule has 2 atom stereocenters. The number of hydrogen-bond donors (Lipinski definition) is 2. The molecule has 2 aliphatic rings. The Bertz CT molecular complexity index is 1420. The van der Waals surface area contributed by atoms with E-state index in [1.807, 2.05) is 6.07 Å². The van der Waals surface area contributed by atoms with Crippen molar-refractivity contribution < 1.29 is 21.9 Å². The van der Waals surface area contributed by atoms with E-state index in [0.29, 0.717) is 60.1 Å². The first-order chi connectivity index (χ1) is 17.6. The molecule has 3 aromatic rings. The van der Waals surface area contributed by atoms with Crippen molar-refractivity contribution in [2.24, 2.45) is 0 Å². The second kappa shape index (κ2) is 10.1. The first kappa shape index (κ1) is 25.7. The number of aromatic nitrogens is 3. The number of ether oxygens (including phenoxy) is 1. The molecule has 37 heavy (non-hydrogen) atoms. The van der Waals surface area contributed by atoms with Crippen LogP contribution in [0.4, 0.5) is 20.4 Å². The number of aryl methyl sites for hydroxylation is 1. The average Bonchev–Trinajstić information content (AvgIpc) is 2.81. The predicted molar refractivity (Wildman–Crippen MR) is 139 cm³/mol. The predicted octanol–water partition coefficient (Wildman–Crippen LogP) is 4.78. The van der Waals surface area contributed by atoms with Crippen LogP contribution in [-0.2, 0) is 14.6 Å². The first-order valence-corrected chi connectivity index (χ1v) is 14.4. The van der Waals surface area contributed by atoms with Crippen molar-refractivity contribution in [3.8, 4) is 0 Å². The molecule has 0 radical (unpaired) electrons. The van der Waals surface area contributed by atoms with Crippen LogP contribution in [0, 0.1) is 12.7 Å². The van der Waals surface area contributed by atoms with Gasteiger partial charge in [-0.1, -0.05) is 18.2 Å². The number of pyridine rings is 1. The van der Waals surface area contributed by atoms with E-state index in [-0.39, 0.29) is 29.0 Å². The van der Waals surface area contributed by atoms with E-state index < -0.39 is 27.9 Å². The fraction of sp³-hybridized carbons (Fsp3) is 0.500. The lowest BCUT2D eigenvalue weighted by atomic mass is 9.92. The Hall–Kier alpha value is -2.92. The van der Waals surface area contributed by atoms with Crippen LogP contribution in [0.15, 0.2) is 24.3 Å². The molecule has 0 spiro atoms. The smallest absolute Gasteiger partial charge is 0.167 e. The van der Waals surface area contributed by atoms with E-state index in [1.54, 1.807) is 26.0 Å². The molecule has 198 valence electrons. The number of hydrogen-bond acceptors (Lipinski definition) is 8. The van der Waals surface area contributed by atoms with Gasteiger partial charge in [0.1, 0.15) is 39.3 Å². The highest BCUT2D eigenvalue weighted by molar-refractivity contribution is 7.91. The SMILES string of the molecule is Cc1nc(N[C@H](C)c2cccc(C(C)F)c2F)c2cc(C3CCS(=O)(=O)CC3)c(NC3COC3)nc2n1. The van der Waals surface area contributed by atoms with Gasteiger partial charge in [0.25, 0.3) is 0 Å². The largest absolute Gasteiger partial charge is 0.377 e. The zero-order chi connectivity index (χ0) is 26.3. The monoisotopic (exact) mass is 531 g/mol. The lowest BCUT2D eigenvalue weighted by Crippen LogP contribution is -2.41. The van der Waals surface area contributed by atoms with Gasteiger partial charge >= 0.3 is 0 Å². The van der Waals surface area contributed by atoms with Crippen LogP contribution >= 0.6 is 0 Å². The third-order valence-corrected chi connectivity index (χ3v) is 8.82. The standard InChI is InChI=1S/C26H31F2N5O3S/c1-14(27)19-5-4-6-20(23(19)28)15(2)29-25-22-11-21(17-7-9-37(34,35)10-8-17)24(32-18-12-36-13-18)33-26(22)31-16(3)30-25/h4-6,11,14-15,17-18H,7-10,12-13H2,1-3H3,(H2,29,30,31,32,33)/t14?,15-/m1/s1. The summed E-state index contributed by atoms with van der Waals surface area (Å²) in [6.07, 6.45) is -0.403. The zero-order valence-electron chi connectivity index (χ0n) is 21.1. The molecule has 2 saturated heterocycles. The number of nitrogens with zero attached hydrogens (tertiary/aromatic N) is 3. The van der Waals surface area contributed by atoms with Gasteiger partial charge in [0, 0.05) is 11.1 Å². The number of alkyl halides is 1. The Morgan fingerprint density at radius 1 is 1.05 bits per heavy atom. The molecule has 0 amide bonds. The second-order valence-corrected chi connectivity index (χ2v) is 12.3. The average molecular weight is 532 g/mol. The maximum absolute atomic E-state index is 15.1. The van der Waals surface area contributed by atoms with Gasteiger partial charge in [-0.15, -0.1) is 0 Å². The summed E-state index contributed by atoms with van der Waals surface area (Å²) in [5.41, 5.74) is 1.74. The molecule has 2 N–H and O–H groups in total. The molecule has 2 aromatic heterocycles. The summed E-state index contributed by atoms with van der Waals surface area (Å²) in [6.45, 7) is 6.02. The van der Waals surface area contributed by atoms with E-state index in [2.05, 4.69) is 20.6 Å². The number of benzene rings is 1. The molecule has 5 rings (SSSR count). The van der Waals surface area contributed by atoms with Crippen molar-refractivity contribution in [3.63, 3.8) is 0 Å². The number of fused-ring (bicyclic) bond motifs is 1. The van der Waals surface area contributed by atoms with Gasteiger partial charge < -0.3 is 15.4 Å². The van der Waals surface area contributed by atoms with Crippen LogP contribution in [0.3, 0.4) is 0 Å². The third kappa shape index (κ3) is 5.38. The van der Waals surface area contributed by atoms with Crippen molar-refractivity contribution >= 4 is 32.5 Å². The van der Waals surface area contributed by atoms with Gasteiger partial charge in [-0.05, 0) is 51.2 Å². The van der Waals surface area contributed by atoms with Crippen LogP contribution in [0.5, 0.6) is 0 Å². The van der Waals surface area contributed by atoms with E-state index in [0.717, 1.165) is 5.56 Å². The second-order valence-electron chi connectivity index (χ2n) is 9.95. The van der Waals surface area contributed by atoms with Gasteiger partial charge in [0.05, 0.1) is 42.2 Å². The highest BCUT2D eigenvalue weighted by atomic mass is 32.2. The number of nitrogens with one attached hydrogen (secondary N) is 2. The molecule has 0 aliphatic carbocycles. The molecule has 1 aromatic carbocycles. The highest BCUT2D eigenvalue weighted by Crippen LogP contribution is 2.37. The maximum Gasteiger partial charge on any atom is 0.167 e. The maximum atomic E-state index is 15.1. The summed E-state index contributed by atoms with van der Waals surface area (Å²) in [5.74, 6) is 1.37. The fourth-order valence-electron chi connectivity index (χ4n) is 4.92. The summed E-state index contributed by atoms with van der Waals surface area (Å²) >= 11 is 0. The van der Waals surface area contributed by atoms with Crippen LogP contribution < -0.4 is 10.6 Å². The van der Waals surface area contributed by atoms with Crippen LogP contribution in [0.25, 0.3) is 11.0 Å². The quantitative estimate of drug-likeness (QED) is 0.449. The van der Waals surface area contributed by atoms with E-state index in [9.17, 15) is 12.8 Å². The molecule has 4 heterocycles. The van der Waals surface area contributed by atoms with E-state index in [1.165, 1.54) is 13.0 Å². The Morgan fingerprint density at radius 2 is 1.76 bits per heavy atom. The van der Waals surface area contributed by atoms with Crippen LogP contribution in [0.2, 0.25) is 0 Å². The summed E-state index contributed by atoms with van der Waals surface area (Å²) in [7, 11) is -3.03. The van der Waals surface area contributed by atoms with Gasteiger partial charge in [-0.25, -0.2) is 32.2 Å². The Balaban J connectivity index is 1.55. The molecule has 0 saturated carbocycles. The third-order valence-electron chi connectivity index (χ3n) is 7.11. The Kier molecular flexibility index (Phi) is 7.01. The van der Waals surface area contributed by atoms with Crippen molar-refractivity contribution in [1.82, 2.24) is 15.0 Å². The first-order valence-electron chi connectivity index (χ1n) is 12.5. The van der Waals surface area contributed by atoms with E-state index in [4.69, 9.17) is 9.72 Å². The zero-order valence-corrected chi connectivity index (χ0v) is 21.9. The van der Waals surface area contributed by atoms with E-state index >= 15 is 4.39 Å². The molecule has 2 aliphatic heterocycles. The lowest BCUT2D eigenvalue weighted by Gasteiger charge is -2.30. The Labute approximate surface area is 215 Å². The summed E-state index contributed by atoms with van der Waals surface area (Å²) in [4.78, 5) is 14.0. The van der Waals surface area contributed by atoms with Crippen molar-refractivity contribution in [2.45, 2.75) is 57.8 Å². The topological polar surface area (TPSA) is 106 Å². The number of halogens is 2. The van der Waals surface area contributed by atoms with Gasteiger partial charge in [0.2, 0.25) is 0 Å². The fourth-order valence-corrected chi connectivity index (χ4v) is 6.41. The van der Waals surface area contributed by atoms with Crippen molar-refractivity contribution in [1.29, 1.82) is 0 Å². The summed E-state index contributed by atoms with van der Waals surface area (Å²) in [6, 6.07) is 6.31. The summed E-state index contributed by atoms with van der Waals surface area (Å²) in [5, 5.41) is 7.38. The minimum atomic E-state index is -3.03. The molecule has 1 unspecified atom stereocenters. The van der Waals surface area contributed by atoms with Gasteiger partial charge in [0.15, 0.2) is 5.65 Å². The number of anilines is 2. The minimum Gasteiger partial charge on any atom is -0.377 e. The van der Waals surface area contributed by atoms with Crippen molar-refractivity contribution in [3.05, 3.63) is 52.6 Å². The van der Waals surface area contributed by atoms with Crippen molar-refractivity contribution in [2.75, 3.05) is 35.4 Å². The molecule has 0 bridgehead atoms. The summed E-state index contributed by atoms with van der Waals surface area (Å²) < 4.78 is 58.4. The molecule has 11 heteroatoms. The highest BCUT2D eigenvalue weighted by Gasteiger charge is 2.30. The molecule has 8 nitrogen and oxygen atoms in total. The Morgan fingerprint density at radius 3 is 2.41 bits per heavy atom. The van der Waals surface area contributed by atoms with Crippen LogP contribution in [-0.4, -0.2) is 54.1 Å². The minimum absolute atomic E-state index is 0.00987. The molecular formula is C26H31F2N5O3S. The van der Waals surface area contributed by atoms with Crippen LogP contribution in [0.1, 0.15) is 67.3 Å². The van der Waals surface area contributed by atoms with Gasteiger partial charge in [-0.2, -0.15) is 0 Å². The van der Waals surface area contributed by atoms with Gasteiger partial charge in [-0.3, -0.25) is 0 Å². The number of sulfone groups is 1. The normalized spacial score (nSPS) is 19.8. The number of rotatable bonds is 7. The molecule has 2 fully saturated rings.